The summed E-state index contributed by atoms with van der Waals surface area (Å²) in [5, 5.41) is 3.57. The van der Waals surface area contributed by atoms with Gasteiger partial charge in [0.1, 0.15) is 0 Å². The van der Waals surface area contributed by atoms with Crippen molar-refractivity contribution in [2.45, 2.75) is 77.0 Å². The molecule has 20 heavy (non-hydrogen) atoms. The van der Waals surface area contributed by atoms with Crippen LogP contribution in [0.1, 0.15) is 58.8 Å². The molecule has 1 N–H and O–H groups in total. The SMILES string of the molecule is CCCOC1CCCN(C2CC(CC)CCC2NC)C1. The van der Waals surface area contributed by atoms with Crippen molar-refractivity contribution in [1.82, 2.24) is 10.2 Å². The Bertz CT molecular complexity index is 272. The molecule has 1 heterocycles. The first kappa shape index (κ1) is 16.3. The van der Waals surface area contributed by atoms with E-state index in [1.54, 1.807) is 0 Å². The van der Waals surface area contributed by atoms with E-state index in [1.165, 1.54) is 45.1 Å². The number of likely N-dealkylation sites (N-methyl/N-ethyl adjacent to an activating group) is 1. The first-order valence-corrected chi connectivity index (χ1v) is 8.81. The molecule has 4 atom stereocenters. The molecular weight excluding hydrogens is 248 g/mol. The number of piperidine rings is 1. The summed E-state index contributed by atoms with van der Waals surface area (Å²) < 4.78 is 6.01. The molecule has 2 fully saturated rings. The lowest BCUT2D eigenvalue weighted by Gasteiger charge is -2.45. The smallest absolute Gasteiger partial charge is 0.0702 e. The predicted octanol–water partition coefficient (Wildman–Crippen LogP) is 3.04. The molecule has 1 aliphatic heterocycles. The van der Waals surface area contributed by atoms with Crippen molar-refractivity contribution in [1.29, 1.82) is 0 Å². The third kappa shape index (κ3) is 4.19. The van der Waals surface area contributed by atoms with Gasteiger partial charge in [0, 0.05) is 25.2 Å². The highest BCUT2D eigenvalue weighted by Gasteiger charge is 2.35. The largest absolute Gasteiger partial charge is 0.377 e. The first-order chi connectivity index (χ1) is 9.78. The molecule has 3 heteroatoms. The van der Waals surface area contributed by atoms with Crippen LogP contribution in [-0.2, 0) is 4.74 Å². The minimum absolute atomic E-state index is 0.475. The van der Waals surface area contributed by atoms with Crippen molar-refractivity contribution < 1.29 is 4.74 Å². The molecule has 0 aromatic heterocycles. The van der Waals surface area contributed by atoms with Crippen molar-refractivity contribution in [3.05, 3.63) is 0 Å². The summed E-state index contributed by atoms with van der Waals surface area (Å²) in [5.74, 6) is 0.932. The van der Waals surface area contributed by atoms with Gasteiger partial charge < -0.3 is 10.1 Å². The standard InChI is InChI=1S/C17H34N2O/c1-4-11-20-15-7-6-10-19(13-15)17-12-14(5-2)8-9-16(17)18-3/h14-18H,4-13H2,1-3H3. The summed E-state index contributed by atoms with van der Waals surface area (Å²) in [7, 11) is 2.14. The lowest BCUT2D eigenvalue weighted by atomic mass is 9.79. The minimum Gasteiger partial charge on any atom is -0.377 e. The van der Waals surface area contributed by atoms with Gasteiger partial charge in [-0.1, -0.05) is 20.3 Å². The molecule has 0 amide bonds. The Labute approximate surface area is 125 Å². The second-order valence-corrected chi connectivity index (χ2v) is 6.68. The average Bonchev–Trinajstić information content (AvgIpc) is 2.52. The maximum atomic E-state index is 6.01. The number of rotatable bonds is 6. The lowest BCUT2D eigenvalue weighted by Crippen LogP contribution is -2.56. The zero-order valence-electron chi connectivity index (χ0n) is 13.7. The van der Waals surface area contributed by atoms with E-state index in [0.717, 1.165) is 31.5 Å². The summed E-state index contributed by atoms with van der Waals surface area (Å²) in [6, 6.07) is 1.41. The van der Waals surface area contributed by atoms with Crippen molar-refractivity contribution in [3.63, 3.8) is 0 Å². The van der Waals surface area contributed by atoms with E-state index in [9.17, 15) is 0 Å². The lowest BCUT2D eigenvalue weighted by molar-refractivity contribution is -0.0262. The van der Waals surface area contributed by atoms with Gasteiger partial charge in [-0.2, -0.15) is 0 Å². The fourth-order valence-electron chi connectivity index (χ4n) is 4.03. The van der Waals surface area contributed by atoms with Crippen LogP contribution in [0.15, 0.2) is 0 Å². The Hall–Kier alpha value is -0.120. The van der Waals surface area contributed by atoms with Crippen LogP contribution in [0.5, 0.6) is 0 Å². The van der Waals surface area contributed by atoms with Gasteiger partial charge in [0.25, 0.3) is 0 Å². The normalized spacial score (nSPS) is 36.1. The number of hydrogen-bond acceptors (Lipinski definition) is 3. The summed E-state index contributed by atoms with van der Waals surface area (Å²) in [5.41, 5.74) is 0. The highest BCUT2D eigenvalue weighted by atomic mass is 16.5. The maximum absolute atomic E-state index is 6.01. The van der Waals surface area contributed by atoms with Crippen LogP contribution in [0.25, 0.3) is 0 Å². The molecule has 0 aromatic rings. The fourth-order valence-corrected chi connectivity index (χ4v) is 4.03. The zero-order chi connectivity index (χ0) is 14.4. The van der Waals surface area contributed by atoms with Crippen molar-refractivity contribution >= 4 is 0 Å². The third-order valence-electron chi connectivity index (χ3n) is 5.31. The van der Waals surface area contributed by atoms with E-state index in [4.69, 9.17) is 4.74 Å². The van der Waals surface area contributed by atoms with Gasteiger partial charge in [0.2, 0.25) is 0 Å². The Balaban J connectivity index is 1.92. The Morgan fingerprint density at radius 2 is 2.05 bits per heavy atom. The van der Waals surface area contributed by atoms with Gasteiger partial charge in [-0.25, -0.2) is 0 Å². The Morgan fingerprint density at radius 1 is 1.20 bits per heavy atom. The number of nitrogens with one attached hydrogen (secondary N) is 1. The molecule has 1 saturated heterocycles. The summed E-state index contributed by atoms with van der Waals surface area (Å²) in [4.78, 5) is 2.73. The number of nitrogens with zero attached hydrogens (tertiary/aromatic N) is 1. The molecule has 4 unspecified atom stereocenters. The summed E-state index contributed by atoms with van der Waals surface area (Å²) in [6.07, 6.45) is 9.64. The molecular formula is C17H34N2O. The van der Waals surface area contributed by atoms with Gasteiger partial charge in [0.15, 0.2) is 0 Å². The highest BCUT2D eigenvalue weighted by Crippen LogP contribution is 2.31. The summed E-state index contributed by atoms with van der Waals surface area (Å²) in [6.45, 7) is 7.90. The number of hydrogen-bond donors (Lipinski definition) is 1. The van der Waals surface area contributed by atoms with Crippen LogP contribution >= 0.6 is 0 Å². The zero-order valence-corrected chi connectivity index (χ0v) is 13.7. The number of ether oxygens (including phenoxy) is 1. The van der Waals surface area contributed by atoms with Crippen LogP contribution in [-0.4, -0.2) is 49.8 Å². The molecule has 3 nitrogen and oxygen atoms in total. The molecule has 1 aliphatic carbocycles. The Morgan fingerprint density at radius 3 is 2.75 bits per heavy atom. The maximum Gasteiger partial charge on any atom is 0.0702 e. The third-order valence-corrected chi connectivity index (χ3v) is 5.31. The molecule has 118 valence electrons. The van der Waals surface area contributed by atoms with E-state index in [-0.39, 0.29) is 0 Å². The average molecular weight is 282 g/mol. The van der Waals surface area contributed by atoms with Crippen LogP contribution < -0.4 is 5.32 Å². The topological polar surface area (TPSA) is 24.5 Å². The van der Waals surface area contributed by atoms with E-state index >= 15 is 0 Å². The highest BCUT2D eigenvalue weighted by molar-refractivity contribution is 4.92. The van der Waals surface area contributed by atoms with Crippen LogP contribution in [0.2, 0.25) is 0 Å². The monoisotopic (exact) mass is 282 g/mol. The van der Waals surface area contributed by atoms with E-state index in [1.807, 2.05) is 0 Å². The van der Waals surface area contributed by atoms with Gasteiger partial charge in [-0.3, -0.25) is 4.90 Å². The molecule has 0 aromatic carbocycles. The molecule has 0 radical (unpaired) electrons. The van der Waals surface area contributed by atoms with E-state index in [0.29, 0.717) is 12.1 Å². The van der Waals surface area contributed by atoms with Crippen LogP contribution in [0.4, 0.5) is 0 Å². The van der Waals surface area contributed by atoms with Crippen molar-refractivity contribution in [3.8, 4) is 0 Å². The van der Waals surface area contributed by atoms with Gasteiger partial charge in [0.05, 0.1) is 6.10 Å². The van der Waals surface area contributed by atoms with Gasteiger partial charge in [-0.15, -0.1) is 0 Å². The molecule has 2 rings (SSSR count). The molecule has 0 spiro atoms. The van der Waals surface area contributed by atoms with E-state index < -0.39 is 0 Å². The Kier molecular flexibility index (Phi) is 6.79. The van der Waals surface area contributed by atoms with Crippen LogP contribution in [0, 0.1) is 5.92 Å². The quantitative estimate of drug-likeness (QED) is 0.810. The van der Waals surface area contributed by atoms with Crippen molar-refractivity contribution in [2.24, 2.45) is 5.92 Å². The van der Waals surface area contributed by atoms with Gasteiger partial charge in [-0.05, 0) is 58.0 Å². The van der Waals surface area contributed by atoms with Crippen molar-refractivity contribution in [2.75, 3.05) is 26.7 Å². The second kappa shape index (κ2) is 8.35. The first-order valence-electron chi connectivity index (χ1n) is 8.81. The van der Waals surface area contributed by atoms with E-state index in [2.05, 4.69) is 31.1 Å². The van der Waals surface area contributed by atoms with Crippen LogP contribution in [0.3, 0.4) is 0 Å². The fraction of sp³-hybridized carbons (Fsp3) is 1.00. The molecule has 0 bridgehead atoms. The second-order valence-electron chi connectivity index (χ2n) is 6.68. The molecule has 1 saturated carbocycles. The van der Waals surface area contributed by atoms with Gasteiger partial charge >= 0.3 is 0 Å². The molecule has 2 aliphatic rings. The number of likely N-dealkylation sites (tertiary alicyclic amines) is 1. The predicted molar refractivity (Wildman–Crippen MR) is 85.1 cm³/mol. The summed E-state index contributed by atoms with van der Waals surface area (Å²) >= 11 is 0. The minimum atomic E-state index is 0.475.